The van der Waals surface area contributed by atoms with E-state index in [0.717, 1.165) is 26.1 Å². The van der Waals surface area contributed by atoms with E-state index in [2.05, 4.69) is 24.3 Å². The summed E-state index contributed by atoms with van der Waals surface area (Å²) in [5, 5.41) is 0. The average Bonchev–Trinajstić information content (AvgIpc) is 2.44. The van der Waals surface area contributed by atoms with Gasteiger partial charge in [0.05, 0.1) is 12.5 Å². The molecule has 1 aliphatic carbocycles. The van der Waals surface area contributed by atoms with Crippen molar-refractivity contribution >= 4 is 5.97 Å². The molecule has 0 radical (unpaired) electrons. The van der Waals surface area contributed by atoms with Crippen LogP contribution in [-0.2, 0) is 20.7 Å². The maximum absolute atomic E-state index is 12.0. The van der Waals surface area contributed by atoms with Crippen molar-refractivity contribution in [2.45, 2.75) is 52.1 Å². The molecule has 0 fully saturated rings. The molecule has 0 amide bonds. The zero-order valence-electron chi connectivity index (χ0n) is 13.3. The van der Waals surface area contributed by atoms with Gasteiger partial charge in [0, 0.05) is 13.2 Å². The summed E-state index contributed by atoms with van der Waals surface area (Å²) in [4.78, 5) is 12.0. The van der Waals surface area contributed by atoms with Crippen molar-refractivity contribution in [3.63, 3.8) is 0 Å². The fourth-order valence-corrected chi connectivity index (χ4v) is 3.16. The minimum atomic E-state index is -0.0955. The van der Waals surface area contributed by atoms with E-state index in [1.165, 1.54) is 11.1 Å². The van der Waals surface area contributed by atoms with E-state index in [1.54, 1.807) is 0 Å². The standard InChI is InChI=1S/C18H26O3/c1-4-20-12-14-9-15-7-5-6-8-17(15)16(10-14)11-18(19)21-13(2)3/h5-8,13-14,16H,4,9-12H2,1-3H3. The van der Waals surface area contributed by atoms with Crippen molar-refractivity contribution < 1.29 is 14.3 Å². The molecule has 116 valence electrons. The lowest BCUT2D eigenvalue weighted by atomic mass is 9.76. The topological polar surface area (TPSA) is 35.5 Å². The van der Waals surface area contributed by atoms with Crippen LogP contribution in [0.5, 0.6) is 0 Å². The molecule has 1 aromatic rings. The van der Waals surface area contributed by atoms with Crippen LogP contribution in [0.4, 0.5) is 0 Å². The lowest BCUT2D eigenvalue weighted by Gasteiger charge is -2.31. The van der Waals surface area contributed by atoms with Gasteiger partial charge in [0.1, 0.15) is 0 Å². The summed E-state index contributed by atoms with van der Waals surface area (Å²) in [6.45, 7) is 7.34. The number of carbonyl (C=O) groups excluding carboxylic acids is 1. The largest absolute Gasteiger partial charge is 0.463 e. The summed E-state index contributed by atoms with van der Waals surface area (Å²) in [5.74, 6) is 0.658. The average molecular weight is 290 g/mol. The number of benzene rings is 1. The molecule has 0 bridgehead atoms. The van der Waals surface area contributed by atoms with Gasteiger partial charge < -0.3 is 9.47 Å². The molecule has 21 heavy (non-hydrogen) atoms. The van der Waals surface area contributed by atoms with Crippen LogP contribution >= 0.6 is 0 Å². The van der Waals surface area contributed by atoms with E-state index in [9.17, 15) is 4.79 Å². The van der Waals surface area contributed by atoms with E-state index < -0.39 is 0 Å². The molecule has 0 spiro atoms. The molecule has 0 aromatic heterocycles. The van der Waals surface area contributed by atoms with Crippen molar-refractivity contribution in [2.24, 2.45) is 5.92 Å². The fraction of sp³-hybridized carbons (Fsp3) is 0.611. The summed E-state index contributed by atoms with van der Waals surface area (Å²) in [7, 11) is 0. The number of carbonyl (C=O) groups is 1. The Labute approximate surface area is 127 Å². The first kappa shape index (κ1) is 16.0. The molecule has 3 heteroatoms. The van der Waals surface area contributed by atoms with Crippen LogP contribution < -0.4 is 0 Å². The van der Waals surface area contributed by atoms with E-state index in [4.69, 9.17) is 9.47 Å². The normalized spacial score (nSPS) is 21.1. The summed E-state index contributed by atoms with van der Waals surface area (Å²) >= 11 is 0. The summed E-state index contributed by atoms with van der Waals surface area (Å²) in [6, 6.07) is 8.46. The Balaban J connectivity index is 2.09. The fourth-order valence-electron chi connectivity index (χ4n) is 3.16. The van der Waals surface area contributed by atoms with Gasteiger partial charge in [0.25, 0.3) is 0 Å². The quantitative estimate of drug-likeness (QED) is 0.749. The highest BCUT2D eigenvalue weighted by Crippen LogP contribution is 2.37. The van der Waals surface area contributed by atoms with Crippen LogP contribution in [0.25, 0.3) is 0 Å². The zero-order valence-corrected chi connectivity index (χ0v) is 13.3. The van der Waals surface area contributed by atoms with Gasteiger partial charge in [0.2, 0.25) is 0 Å². The van der Waals surface area contributed by atoms with E-state index in [0.29, 0.717) is 12.3 Å². The molecule has 1 aromatic carbocycles. The highest BCUT2D eigenvalue weighted by Gasteiger charge is 2.29. The summed E-state index contributed by atoms with van der Waals surface area (Å²) in [6.07, 6.45) is 2.48. The van der Waals surface area contributed by atoms with Crippen LogP contribution in [0, 0.1) is 5.92 Å². The molecule has 0 saturated heterocycles. The van der Waals surface area contributed by atoms with E-state index in [1.807, 2.05) is 20.8 Å². The summed E-state index contributed by atoms with van der Waals surface area (Å²) < 4.78 is 10.9. The summed E-state index contributed by atoms with van der Waals surface area (Å²) in [5.41, 5.74) is 2.67. The predicted octanol–water partition coefficient (Wildman–Crippen LogP) is 3.71. The minimum Gasteiger partial charge on any atom is -0.463 e. The molecule has 2 unspecified atom stereocenters. The van der Waals surface area contributed by atoms with Crippen molar-refractivity contribution in [2.75, 3.05) is 13.2 Å². The van der Waals surface area contributed by atoms with Gasteiger partial charge in [-0.25, -0.2) is 0 Å². The van der Waals surface area contributed by atoms with Gasteiger partial charge in [-0.05, 0) is 56.6 Å². The lowest BCUT2D eigenvalue weighted by molar-refractivity contribution is -0.148. The van der Waals surface area contributed by atoms with Gasteiger partial charge in [-0.3, -0.25) is 4.79 Å². The van der Waals surface area contributed by atoms with Crippen LogP contribution in [0.15, 0.2) is 24.3 Å². The molecule has 0 saturated carbocycles. The smallest absolute Gasteiger partial charge is 0.306 e. The van der Waals surface area contributed by atoms with Crippen LogP contribution in [0.1, 0.15) is 50.7 Å². The van der Waals surface area contributed by atoms with Crippen LogP contribution in [-0.4, -0.2) is 25.3 Å². The number of hydrogen-bond donors (Lipinski definition) is 0. The van der Waals surface area contributed by atoms with Crippen molar-refractivity contribution in [3.05, 3.63) is 35.4 Å². The molecular formula is C18H26O3. The second kappa shape index (κ2) is 7.60. The first-order valence-corrected chi connectivity index (χ1v) is 7.95. The molecule has 2 atom stereocenters. The number of rotatable bonds is 6. The highest BCUT2D eigenvalue weighted by atomic mass is 16.5. The predicted molar refractivity (Wildman–Crippen MR) is 83.3 cm³/mol. The Morgan fingerprint density at radius 1 is 1.33 bits per heavy atom. The molecule has 0 heterocycles. The van der Waals surface area contributed by atoms with Gasteiger partial charge in [-0.1, -0.05) is 24.3 Å². The van der Waals surface area contributed by atoms with Crippen LogP contribution in [0.2, 0.25) is 0 Å². The number of esters is 1. The van der Waals surface area contributed by atoms with Gasteiger partial charge in [-0.15, -0.1) is 0 Å². The van der Waals surface area contributed by atoms with E-state index >= 15 is 0 Å². The highest BCUT2D eigenvalue weighted by molar-refractivity contribution is 5.71. The molecule has 1 aliphatic rings. The van der Waals surface area contributed by atoms with Crippen molar-refractivity contribution in [1.82, 2.24) is 0 Å². The SMILES string of the molecule is CCOCC1Cc2ccccc2C(CC(=O)OC(C)C)C1. The zero-order chi connectivity index (χ0) is 15.2. The molecule has 2 rings (SSSR count). The number of ether oxygens (including phenoxy) is 2. The van der Waals surface area contributed by atoms with E-state index in [-0.39, 0.29) is 18.0 Å². The third-order valence-corrected chi connectivity index (χ3v) is 3.96. The third kappa shape index (κ3) is 4.57. The monoisotopic (exact) mass is 290 g/mol. The second-order valence-electron chi connectivity index (χ2n) is 6.10. The number of hydrogen-bond acceptors (Lipinski definition) is 3. The Bertz CT molecular complexity index is 467. The minimum absolute atomic E-state index is 0.0458. The Morgan fingerprint density at radius 3 is 2.81 bits per heavy atom. The lowest BCUT2D eigenvalue weighted by Crippen LogP contribution is -2.25. The maximum Gasteiger partial charge on any atom is 0.306 e. The maximum atomic E-state index is 12.0. The Morgan fingerprint density at radius 2 is 2.10 bits per heavy atom. The van der Waals surface area contributed by atoms with Crippen molar-refractivity contribution in [3.8, 4) is 0 Å². The Kier molecular flexibility index (Phi) is 5.80. The molecule has 0 aliphatic heterocycles. The van der Waals surface area contributed by atoms with Gasteiger partial charge in [0.15, 0.2) is 0 Å². The third-order valence-electron chi connectivity index (χ3n) is 3.96. The van der Waals surface area contributed by atoms with Gasteiger partial charge in [-0.2, -0.15) is 0 Å². The number of fused-ring (bicyclic) bond motifs is 1. The molecular weight excluding hydrogens is 264 g/mol. The second-order valence-corrected chi connectivity index (χ2v) is 6.10. The first-order chi connectivity index (χ1) is 10.1. The molecule has 0 N–H and O–H groups in total. The van der Waals surface area contributed by atoms with Gasteiger partial charge >= 0.3 is 5.97 Å². The Hall–Kier alpha value is -1.35. The van der Waals surface area contributed by atoms with Crippen LogP contribution in [0.3, 0.4) is 0 Å². The first-order valence-electron chi connectivity index (χ1n) is 7.95. The molecule has 3 nitrogen and oxygen atoms in total. The van der Waals surface area contributed by atoms with Crippen molar-refractivity contribution in [1.29, 1.82) is 0 Å².